The lowest BCUT2D eigenvalue weighted by atomic mass is 9.50. The lowest BCUT2D eigenvalue weighted by molar-refractivity contribution is -0.176. The Bertz CT molecular complexity index is 1590. The number of esters is 2. The van der Waals surface area contributed by atoms with Gasteiger partial charge in [-0.15, -0.1) is 0 Å². The first-order valence-electron chi connectivity index (χ1n) is 19.9. The Morgan fingerprint density at radius 3 is 2.37 bits per heavy atom. The Morgan fingerprint density at radius 2 is 1.65 bits per heavy atom. The molecule has 0 saturated carbocycles. The summed E-state index contributed by atoms with van der Waals surface area (Å²) in [4.78, 5) is 29.4. The van der Waals surface area contributed by atoms with E-state index in [0.29, 0.717) is 48.5 Å². The van der Waals surface area contributed by atoms with Gasteiger partial charge in [0.2, 0.25) is 6.10 Å². The summed E-state index contributed by atoms with van der Waals surface area (Å²) < 4.78 is 24.4. The van der Waals surface area contributed by atoms with Crippen LogP contribution in [0, 0.1) is 0 Å². The van der Waals surface area contributed by atoms with Crippen LogP contribution in [0.4, 0.5) is 0 Å². The van der Waals surface area contributed by atoms with E-state index in [0.717, 1.165) is 49.8 Å². The minimum Gasteiger partial charge on any atom is -0.493 e. The van der Waals surface area contributed by atoms with Gasteiger partial charge in [-0.3, -0.25) is 4.79 Å². The fourth-order valence-electron chi connectivity index (χ4n) is 9.17. The van der Waals surface area contributed by atoms with Crippen molar-refractivity contribution in [1.29, 1.82) is 0 Å². The third-order valence-electron chi connectivity index (χ3n) is 12.0. The van der Waals surface area contributed by atoms with Crippen molar-refractivity contribution < 1.29 is 33.6 Å². The van der Waals surface area contributed by atoms with Crippen molar-refractivity contribution >= 4 is 11.9 Å². The number of carbonyl (C=O) groups is 2. The van der Waals surface area contributed by atoms with E-state index in [9.17, 15) is 14.7 Å². The molecule has 282 valence electrons. The van der Waals surface area contributed by atoms with Crippen LogP contribution < -0.4 is 9.47 Å². The zero-order valence-corrected chi connectivity index (χ0v) is 31.6. The van der Waals surface area contributed by atoms with Crippen LogP contribution in [0.25, 0.3) is 0 Å². The lowest BCUT2D eigenvalue weighted by Gasteiger charge is -2.61. The van der Waals surface area contributed by atoms with E-state index in [1.807, 2.05) is 24.3 Å². The molecule has 0 aromatic heterocycles. The first-order chi connectivity index (χ1) is 25.3. The average molecular weight is 714 g/mol. The number of likely N-dealkylation sites (tertiary alicyclic amines) is 1. The second-order valence-corrected chi connectivity index (χ2v) is 15.3. The zero-order chi connectivity index (χ0) is 36.6. The van der Waals surface area contributed by atoms with Crippen LogP contribution in [0.1, 0.15) is 132 Å². The number of ether oxygens (including phenoxy) is 4. The number of rotatable bonds is 20. The number of hydrogen-bond acceptors (Lipinski definition) is 8. The molecule has 2 heterocycles. The third kappa shape index (κ3) is 7.70. The molecule has 8 heteroatoms. The molecule has 6 rings (SSSR count). The summed E-state index contributed by atoms with van der Waals surface area (Å²) in [5.74, 6) is 0.460. The molecule has 0 unspecified atom stereocenters. The van der Waals surface area contributed by atoms with E-state index in [1.165, 1.54) is 44.9 Å². The maximum atomic E-state index is 14.0. The summed E-state index contributed by atoms with van der Waals surface area (Å²) in [5.41, 5.74) is 0.734. The van der Waals surface area contributed by atoms with Gasteiger partial charge in [0.15, 0.2) is 17.6 Å². The van der Waals surface area contributed by atoms with Crippen molar-refractivity contribution in [3.8, 4) is 11.5 Å². The van der Waals surface area contributed by atoms with Crippen molar-refractivity contribution in [2.24, 2.45) is 0 Å². The van der Waals surface area contributed by atoms with Crippen molar-refractivity contribution in [3.05, 3.63) is 83.1 Å². The molecule has 0 amide bonds. The summed E-state index contributed by atoms with van der Waals surface area (Å²) in [7, 11) is 3.67. The molecule has 5 atom stereocenters. The van der Waals surface area contributed by atoms with Gasteiger partial charge in [-0.2, -0.15) is 0 Å². The fraction of sp³-hybridized carbons (Fsp3) is 0.591. The van der Waals surface area contributed by atoms with Crippen molar-refractivity contribution in [1.82, 2.24) is 4.90 Å². The van der Waals surface area contributed by atoms with E-state index >= 15 is 0 Å². The van der Waals surface area contributed by atoms with E-state index in [4.69, 9.17) is 18.9 Å². The molecule has 8 nitrogen and oxygen atoms in total. The van der Waals surface area contributed by atoms with Gasteiger partial charge in [-0.1, -0.05) is 107 Å². The molecule has 2 aliphatic heterocycles. The number of unbranched alkanes of at least 4 members (excludes halogenated alkanes) is 11. The fourth-order valence-corrected chi connectivity index (χ4v) is 9.17. The molecule has 0 radical (unpaired) electrons. The summed E-state index contributed by atoms with van der Waals surface area (Å²) in [6, 6.07) is 12.9. The molecule has 2 aromatic carbocycles. The minimum atomic E-state index is -1.22. The van der Waals surface area contributed by atoms with Crippen LogP contribution in [0.2, 0.25) is 0 Å². The van der Waals surface area contributed by atoms with Crippen LogP contribution in [0.5, 0.6) is 11.5 Å². The van der Waals surface area contributed by atoms with E-state index in [2.05, 4.69) is 37.1 Å². The number of hydrogen-bond donors (Lipinski definition) is 1. The number of likely N-dealkylation sites (N-methyl/N-ethyl adjacent to an activating group) is 1. The second-order valence-electron chi connectivity index (χ2n) is 15.3. The van der Waals surface area contributed by atoms with Gasteiger partial charge in [-0.25, -0.2) is 4.79 Å². The van der Waals surface area contributed by atoms with Crippen LogP contribution in [0.15, 0.2) is 66.5 Å². The summed E-state index contributed by atoms with van der Waals surface area (Å²) in [6.45, 7) is 3.02. The standard InChI is InChI=1S/C44H59NO7/c1-4-5-6-7-8-9-10-11-12-13-14-15-16-17-21-24-37(46)51-39(32-22-19-18-20-23-32)42(47)50-35-27-28-44(48)36-31-33-25-26-34(49-3)40-38(33)43(44,41(35)52-40)29-30-45(36)2/h11-12,18-20,22-23,25-27,36,39,41,48H,4-10,13-17,21,24,28-31H2,1-3H3/b12-11-/t36-,39+,41+,43+,44-/m1/s1. The van der Waals surface area contributed by atoms with E-state index in [1.54, 1.807) is 25.3 Å². The van der Waals surface area contributed by atoms with Crippen LogP contribution in [-0.4, -0.2) is 60.4 Å². The molecule has 1 spiro atoms. The average Bonchev–Trinajstić information content (AvgIpc) is 3.51. The molecule has 2 aliphatic carbocycles. The summed E-state index contributed by atoms with van der Waals surface area (Å²) in [5, 5.41) is 12.5. The number of carbonyl (C=O) groups excluding carboxylic acids is 2. The number of benzene rings is 2. The number of methoxy groups -OCH3 is 1. The Kier molecular flexibility index (Phi) is 12.8. The van der Waals surface area contributed by atoms with E-state index < -0.39 is 35.2 Å². The molecule has 2 aromatic rings. The van der Waals surface area contributed by atoms with Gasteiger partial charge >= 0.3 is 11.9 Å². The highest BCUT2D eigenvalue weighted by Crippen LogP contribution is 2.65. The highest BCUT2D eigenvalue weighted by molar-refractivity contribution is 5.82. The van der Waals surface area contributed by atoms with Crippen LogP contribution >= 0.6 is 0 Å². The second kappa shape index (κ2) is 17.5. The van der Waals surface area contributed by atoms with E-state index in [-0.39, 0.29) is 12.5 Å². The number of nitrogens with zero attached hydrogens (tertiary/aromatic N) is 1. The zero-order valence-electron chi connectivity index (χ0n) is 31.6. The first kappa shape index (κ1) is 38.1. The Balaban J connectivity index is 1.03. The quantitative estimate of drug-likeness (QED) is 0.0827. The summed E-state index contributed by atoms with van der Waals surface area (Å²) >= 11 is 0. The monoisotopic (exact) mass is 713 g/mol. The van der Waals surface area contributed by atoms with Crippen molar-refractivity contribution in [2.45, 2.75) is 145 Å². The van der Waals surface area contributed by atoms with Crippen molar-refractivity contribution in [2.75, 3.05) is 20.7 Å². The number of aliphatic hydroxyl groups is 1. The lowest BCUT2D eigenvalue weighted by Crippen LogP contribution is -2.74. The maximum Gasteiger partial charge on any atom is 0.357 e. The van der Waals surface area contributed by atoms with Gasteiger partial charge in [0.25, 0.3) is 0 Å². The first-order valence-corrected chi connectivity index (χ1v) is 19.9. The van der Waals surface area contributed by atoms with Crippen LogP contribution in [0.3, 0.4) is 0 Å². The Labute approximate surface area is 310 Å². The van der Waals surface area contributed by atoms with Crippen LogP contribution in [-0.2, 0) is 30.9 Å². The van der Waals surface area contributed by atoms with Gasteiger partial charge in [0.1, 0.15) is 5.76 Å². The highest BCUT2D eigenvalue weighted by Gasteiger charge is 2.72. The number of piperidine rings is 1. The SMILES string of the molecule is CCCCCCCC/C=C\CCCCCCCC(=O)O[C@H](C(=O)OC1=CC[C@@]2(O)[C@H]3Cc4ccc(OC)c5c4[C@@]2(CCN3C)[C@H]1O5)c1ccccc1. The predicted octanol–water partition coefficient (Wildman–Crippen LogP) is 8.84. The highest BCUT2D eigenvalue weighted by atomic mass is 16.6. The molecule has 4 aliphatic rings. The molecule has 1 N–H and O–H groups in total. The van der Waals surface area contributed by atoms with Gasteiger partial charge in [0, 0.05) is 30.0 Å². The van der Waals surface area contributed by atoms with Crippen molar-refractivity contribution in [3.63, 3.8) is 0 Å². The van der Waals surface area contributed by atoms with Gasteiger partial charge in [0.05, 0.1) is 18.1 Å². The largest absolute Gasteiger partial charge is 0.493 e. The molecule has 52 heavy (non-hydrogen) atoms. The third-order valence-corrected chi connectivity index (χ3v) is 12.0. The molecule has 1 fully saturated rings. The Morgan fingerprint density at radius 1 is 0.962 bits per heavy atom. The predicted molar refractivity (Wildman–Crippen MR) is 202 cm³/mol. The smallest absolute Gasteiger partial charge is 0.357 e. The topological polar surface area (TPSA) is 94.5 Å². The summed E-state index contributed by atoms with van der Waals surface area (Å²) in [6.07, 6.45) is 21.7. The molecular formula is C44H59NO7. The minimum absolute atomic E-state index is 0.109. The van der Waals surface area contributed by atoms with Gasteiger partial charge in [-0.05, 0) is 76.2 Å². The maximum absolute atomic E-state index is 14.0. The van der Waals surface area contributed by atoms with Gasteiger partial charge < -0.3 is 29.0 Å². The molecule has 2 bridgehead atoms. The molecule has 1 saturated heterocycles. The number of allylic oxidation sites excluding steroid dienone is 2. The molecular weight excluding hydrogens is 654 g/mol. The normalized spacial score (nSPS) is 24.9. The Hall–Kier alpha value is -3.62.